The third-order valence-corrected chi connectivity index (χ3v) is 2.42. The van der Waals surface area contributed by atoms with Crippen molar-refractivity contribution in [2.24, 2.45) is 5.92 Å². The number of ether oxygens (including phenoxy) is 1. The molecule has 5 heteroatoms. The SMILES string of the molecule is CN(C(=O)OC(C)(C)C)C(C(=O)O)C1CC1. The van der Waals surface area contributed by atoms with Crippen LogP contribution in [0.5, 0.6) is 0 Å². The van der Waals surface area contributed by atoms with Gasteiger partial charge in [0.05, 0.1) is 0 Å². The second-order valence-electron chi connectivity index (χ2n) is 5.21. The Labute approximate surface area is 95.4 Å². The smallest absolute Gasteiger partial charge is 0.410 e. The van der Waals surface area contributed by atoms with Gasteiger partial charge in [-0.3, -0.25) is 4.90 Å². The number of rotatable bonds is 3. The van der Waals surface area contributed by atoms with Gasteiger partial charge in [0, 0.05) is 7.05 Å². The second kappa shape index (κ2) is 4.31. The van der Waals surface area contributed by atoms with Gasteiger partial charge in [0.1, 0.15) is 11.6 Å². The van der Waals surface area contributed by atoms with E-state index in [1.807, 2.05) is 0 Å². The summed E-state index contributed by atoms with van der Waals surface area (Å²) in [6.45, 7) is 5.27. The number of nitrogens with zero attached hydrogens (tertiary/aromatic N) is 1. The number of carboxylic acid groups (broad SMARTS) is 1. The summed E-state index contributed by atoms with van der Waals surface area (Å²) in [6, 6.07) is -0.755. The van der Waals surface area contributed by atoms with Crippen molar-refractivity contribution >= 4 is 12.1 Å². The van der Waals surface area contributed by atoms with Gasteiger partial charge in [-0.1, -0.05) is 0 Å². The summed E-state index contributed by atoms with van der Waals surface area (Å²) in [6.07, 6.45) is 1.15. The summed E-state index contributed by atoms with van der Waals surface area (Å²) in [5.41, 5.74) is -0.599. The average molecular weight is 229 g/mol. The Kier molecular flexibility index (Phi) is 3.45. The number of carboxylic acids is 1. The minimum atomic E-state index is -0.962. The molecular weight excluding hydrogens is 210 g/mol. The molecule has 0 spiro atoms. The molecule has 0 aromatic rings. The van der Waals surface area contributed by atoms with Gasteiger partial charge < -0.3 is 9.84 Å². The van der Waals surface area contributed by atoms with Gasteiger partial charge in [-0.15, -0.1) is 0 Å². The summed E-state index contributed by atoms with van der Waals surface area (Å²) in [7, 11) is 1.48. The highest BCUT2D eigenvalue weighted by molar-refractivity contribution is 5.80. The van der Waals surface area contributed by atoms with E-state index >= 15 is 0 Å². The van der Waals surface area contributed by atoms with Crippen LogP contribution >= 0.6 is 0 Å². The fourth-order valence-corrected chi connectivity index (χ4v) is 1.54. The van der Waals surface area contributed by atoms with Crippen LogP contribution in [0.4, 0.5) is 4.79 Å². The molecule has 0 aromatic heterocycles. The number of hydrogen-bond acceptors (Lipinski definition) is 3. The molecular formula is C11H19NO4. The number of carbonyl (C=O) groups excluding carboxylic acids is 1. The maximum Gasteiger partial charge on any atom is 0.410 e. The highest BCUT2D eigenvalue weighted by Crippen LogP contribution is 2.35. The first-order chi connectivity index (χ1) is 7.22. The van der Waals surface area contributed by atoms with Crippen LogP contribution in [0.2, 0.25) is 0 Å². The molecule has 1 atom stereocenters. The molecule has 0 aromatic carbocycles. The molecule has 1 rings (SSSR count). The van der Waals surface area contributed by atoms with Crippen LogP contribution in [0.25, 0.3) is 0 Å². The van der Waals surface area contributed by atoms with E-state index < -0.39 is 23.7 Å². The maximum atomic E-state index is 11.7. The number of amides is 1. The van der Waals surface area contributed by atoms with Crippen LogP contribution in [-0.4, -0.2) is 40.8 Å². The van der Waals surface area contributed by atoms with E-state index in [0.29, 0.717) is 0 Å². The van der Waals surface area contributed by atoms with Crippen LogP contribution < -0.4 is 0 Å². The zero-order valence-electron chi connectivity index (χ0n) is 10.2. The van der Waals surface area contributed by atoms with Crippen LogP contribution in [0.15, 0.2) is 0 Å². The van der Waals surface area contributed by atoms with E-state index in [1.54, 1.807) is 20.8 Å². The van der Waals surface area contributed by atoms with Crippen molar-refractivity contribution in [2.45, 2.75) is 45.3 Å². The molecule has 1 aliphatic carbocycles. The molecule has 5 nitrogen and oxygen atoms in total. The van der Waals surface area contributed by atoms with Crippen molar-refractivity contribution in [3.8, 4) is 0 Å². The highest BCUT2D eigenvalue weighted by Gasteiger charge is 2.41. The lowest BCUT2D eigenvalue weighted by atomic mass is 10.1. The molecule has 1 aliphatic rings. The van der Waals surface area contributed by atoms with Gasteiger partial charge in [0.2, 0.25) is 0 Å². The predicted octanol–water partition coefficient (Wildman–Crippen LogP) is 1.72. The lowest BCUT2D eigenvalue weighted by Gasteiger charge is -2.28. The van der Waals surface area contributed by atoms with E-state index in [0.717, 1.165) is 12.8 Å². The normalized spacial score (nSPS) is 17.8. The molecule has 16 heavy (non-hydrogen) atoms. The van der Waals surface area contributed by atoms with Gasteiger partial charge in [-0.2, -0.15) is 0 Å². The lowest BCUT2D eigenvalue weighted by Crippen LogP contribution is -2.46. The monoisotopic (exact) mass is 229 g/mol. The lowest BCUT2D eigenvalue weighted by molar-refractivity contribution is -0.143. The topological polar surface area (TPSA) is 66.8 Å². The van der Waals surface area contributed by atoms with Crippen LogP contribution in [0.3, 0.4) is 0 Å². The molecule has 0 bridgehead atoms. The third-order valence-electron chi connectivity index (χ3n) is 2.42. The fraction of sp³-hybridized carbons (Fsp3) is 0.818. The minimum absolute atomic E-state index is 0.0787. The van der Waals surface area contributed by atoms with Crippen molar-refractivity contribution in [3.05, 3.63) is 0 Å². The minimum Gasteiger partial charge on any atom is -0.480 e. The molecule has 1 saturated carbocycles. The Morgan fingerprint density at radius 2 is 1.88 bits per heavy atom. The van der Waals surface area contributed by atoms with Gasteiger partial charge >= 0.3 is 12.1 Å². The summed E-state index contributed by atoms with van der Waals surface area (Å²) in [5.74, 6) is -0.883. The summed E-state index contributed by atoms with van der Waals surface area (Å²) >= 11 is 0. The quantitative estimate of drug-likeness (QED) is 0.800. The average Bonchev–Trinajstić information content (AvgIpc) is 2.84. The molecule has 0 saturated heterocycles. The van der Waals surface area contributed by atoms with E-state index in [1.165, 1.54) is 11.9 Å². The van der Waals surface area contributed by atoms with Gasteiger partial charge in [0.25, 0.3) is 0 Å². The highest BCUT2D eigenvalue weighted by atomic mass is 16.6. The Balaban J connectivity index is 2.63. The Morgan fingerprint density at radius 3 is 2.19 bits per heavy atom. The number of hydrogen-bond donors (Lipinski definition) is 1. The van der Waals surface area contributed by atoms with Gasteiger partial charge in [0.15, 0.2) is 0 Å². The Morgan fingerprint density at radius 1 is 1.38 bits per heavy atom. The van der Waals surface area contributed by atoms with Crippen molar-refractivity contribution in [1.29, 1.82) is 0 Å². The largest absolute Gasteiger partial charge is 0.480 e. The van der Waals surface area contributed by atoms with Crippen LogP contribution in [0, 0.1) is 5.92 Å². The Hall–Kier alpha value is -1.26. The Bertz CT molecular complexity index is 291. The molecule has 1 fully saturated rings. The molecule has 0 radical (unpaired) electrons. The van der Waals surface area contributed by atoms with Crippen molar-refractivity contribution in [2.75, 3.05) is 7.05 Å². The third kappa shape index (κ3) is 3.40. The maximum absolute atomic E-state index is 11.7. The van der Waals surface area contributed by atoms with Gasteiger partial charge in [-0.05, 0) is 39.5 Å². The van der Waals surface area contributed by atoms with Crippen molar-refractivity contribution < 1.29 is 19.4 Å². The molecule has 1 amide bonds. The van der Waals surface area contributed by atoms with E-state index in [-0.39, 0.29) is 5.92 Å². The van der Waals surface area contributed by atoms with E-state index in [9.17, 15) is 9.59 Å². The first-order valence-electron chi connectivity index (χ1n) is 5.41. The number of likely N-dealkylation sites (N-methyl/N-ethyl adjacent to an activating group) is 1. The molecule has 0 aliphatic heterocycles. The van der Waals surface area contributed by atoms with E-state index in [2.05, 4.69) is 0 Å². The van der Waals surface area contributed by atoms with Gasteiger partial charge in [-0.25, -0.2) is 9.59 Å². The van der Waals surface area contributed by atoms with E-state index in [4.69, 9.17) is 9.84 Å². The number of carbonyl (C=O) groups is 2. The number of aliphatic carboxylic acids is 1. The predicted molar refractivity (Wildman–Crippen MR) is 58.1 cm³/mol. The van der Waals surface area contributed by atoms with Crippen molar-refractivity contribution in [1.82, 2.24) is 4.90 Å². The zero-order valence-corrected chi connectivity index (χ0v) is 10.2. The standard InChI is InChI=1S/C11H19NO4/c1-11(2,3)16-10(15)12(4)8(9(13)14)7-5-6-7/h7-8H,5-6H2,1-4H3,(H,13,14). The molecule has 1 unspecified atom stereocenters. The zero-order chi connectivity index (χ0) is 12.5. The summed E-state index contributed by atoms with van der Waals surface area (Å²) in [5, 5.41) is 9.05. The summed E-state index contributed by atoms with van der Waals surface area (Å²) in [4.78, 5) is 23.9. The fourth-order valence-electron chi connectivity index (χ4n) is 1.54. The second-order valence-corrected chi connectivity index (χ2v) is 5.21. The molecule has 92 valence electrons. The first kappa shape index (κ1) is 12.8. The van der Waals surface area contributed by atoms with Crippen molar-refractivity contribution in [3.63, 3.8) is 0 Å². The molecule has 1 N–H and O–H groups in total. The summed E-state index contributed by atoms with van der Waals surface area (Å²) < 4.78 is 5.13. The van der Waals surface area contributed by atoms with Crippen LogP contribution in [-0.2, 0) is 9.53 Å². The van der Waals surface area contributed by atoms with Crippen LogP contribution in [0.1, 0.15) is 33.6 Å². The first-order valence-corrected chi connectivity index (χ1v) is 5.41. The molecule has 0 heterocycles.